The van der Waals surface area contributed by atoms with E-state index in [1.165, 1.54) is 0 Å². The maximum atomic E-state index is 12.6. The van der Waals surface area contributed by atoms with Crippen LogP contribution in [0.2, 0.25) is 0 Å². The topological polar surface area (TPSA) is 53.4 Å². The second kappa shape index (κ2) is 7.24. The molecule has 0 aromatic carbocycles. The highest BCUT2D eigenvalue weighted by Crippen LogP contribution is 2.24. The first-order valence-corrected chi connectivity index (χ1v) is 7.11. The van der Waals surface area contributed by atoms with E-state index in [0.717, 1.165) is 0 Å². The van der Waals surface area contributed by atoms with E-state index >= 15 is 0 Å². The molecule has 0 saturated carbocycles. The van der Waals surface area contributed by atoms with Gasteiger partial charge in [-0.1, -0.05) is 32.6 Å². The molecule has 0 spiro atoms. The van der Waals surface area contributed by atoms with Crippen LogP contribution in [0.4, 0.5) is 0 Å². The number of aliphatic hydroxyl groups excluding tert-OH is 1. The molecule has 0 radical (unpaired) electrons. The SMILES string of the molecule is CC(N(C)C(=O)c1ncccc1C#CCCO)C(C)(C)C. The average Bonchev–Trinajstić information content (AvgIpc) is 2.45. The fourth-order valence-electron chi connectivity index (χ4n) is 1.81. The number of hydrogen-bond acceptors (Lipinski definition) is 3. The number of carbonyl (C=O) groups is 1. The van der Waals surface area contributed by atoms with Crippen LogP contribution in [0, 0.1) is 17.3 Å². The van der Waals surface area contributed by atoms with Gasteiger partial charge in [-0.3, -0.25) is 4.79 Å². The van der Waals surface area contributed by atoms with Crippen molar-refractivity contribution in [3.63, 3.8) is 0 Å². The first-order chi connectivity index (χ1) is 9.79. The van der Waals surface area contributed by atoms with Crippen molar-refractivity contribution in [3.05, 3.63) is 29.6 Å². The Kier molecular flexibility index (Phi) is 5.92. The molecule has 4 nitrogen and oxygen atoms in total. The first kappa shape index (κ1) is 17.2. The molecular formula is C17H24N2O2. The lowest BCUT2D eigenvalue weighted by Crippen LogP contribution is -2.43. The minimum atomic E-state index is -0.133. The Bertz CT molecular complexity index is 550. The van der Waals surface area contributed by atoms with Gasteiger partial charge in [0.25, 0.3) is 5.91 Å². The fraction of sp³-hybridized carbons (Fsp3) is 0.529. The molecule has 1 heterocycles. The molecule has 0 aliphatic carbocycles. The van der Waals surface area contributed by atoms with E-state index in [9.17, 15) is 4.79 Å². The Morgan fingerprint density at radius 2 is 2.14 bits per heavy atom. The largest absolute Gasteiger partial charge is 0.395 e. The zero-order valence-corrected chi connectivity index (χ0v) is 13.5. The third-order valence-electron chi connectivity index (χ3n) is 3.62. The Labute approximate surface area is 127 Å². The zero-order chi connectivity index (χ0) is 16.0. The summed E-state index contributed by atoms with van der Waals surface area (Å²) in [6, 6.07) is 3.61. The van der Waals surface area contributed by atoms with Crippen LogP contribution in [0.25, 0.3) is 0 Å². The molecule has 1 aromatic rings. The second-order valence-corrected chi connectivity index (χ2v) is 6.13. The highest BCUT2D eigenvalue weighted by Gasteiger charge is 2.28. The predicted octanol–water partition coefficient (Wildman–Crippen LogP) is 2.32. The van der Waals surface area contributed by atoms with Gasteiger partial charge in [0.2, 0.25) is 0 Å². The number of rotatable bonds is 3. The molecule has 1 N–H and O–H groups in total. The van der Waals surface area contributed by atoms with Crippen LogP contribution in [0.1, 0.15) is 50.2 Å². The number of amides is 1. The number of carbonyl (C=O) groups excluding carboxylic acids is 1. The summed E-state index contributed by atoms with van der Waals surface area (Å²) in [5.74, 6) is 5.61. The summed E-state index contributed by atoms with van der Waals surface area (Å²) in [6.45, 7) is 8.33. The third kappa shape index (κ3) is 4.57. The van der Waals surface area contributed by atoms with Crippen molar-refractivity contribution in [2.75, 3.05) is 13.7 Å². The van der Waals surface area contributed by atoms with Gasteiger partial charge < -0.3 is 10.0 Å². The Hall–Kier alpha value is -1.86. The average molecular weight is 288 g/mol. The molecule has 1 rings (SSSR count). The van der Waals surface area contributed by atoms with Gasteiger partial charge in [0.1, 0.15) is 5.69 Å². The smallest absolute Gasteiger partial charge is 0.273 e. The molecular weight excluding hydrogens is 264 g/mol. The van der Waals surface area contributed by atoms with Gasteiger partial charge in [-0.05, 0) is 24.5 Å². The van der Waals surface area contributed by atoms with E-state index in [4.69, 9.17) is 5.11 Å². The number of hydrogen-bond donors (Lipinski definition) is 1. The maximum absolute atomic E-state index is 12.6. The van der Waals surface area contributed by atoms with Crippen LogP contribution in [-0.2, 0) is 0 Å². The molecule has 0 saturated heterocycles. The maximum Gasteiger partial charge on any atom is 0.273 e. The predicted molar refractivity (Wildman–Crippen MR) is 83.8 cm³/mol. The Morgan fingerprint density at radius 3 is 2.71 bits per heavy atom. The van der Waals surface area contributed by atoms with Crippen molar-refractivity contribution >= 4 is 5.91 Å². The highest BCUT2D eigenvalue weighted by molar-refractivity contribution is 5.94. The number of pyridine rings is 1. The number of aromatic nitrogens is 1. The molecule has 0 aliphatic heterocycles. The van der Waals surface area contributed by atoms with Crippen LogP contribution in [0.5, 0.6) is 0 Å². The minimum absolute atomic E-state index is 0.0114. The van der Waals surface area contributed by atoms with Crippen molar-refractivity contribution < 1.29 is 9.90 Å². The fourth-order valence-corrected chi connectivity index (χ4v) is 1.81. The summed E-state index contributed by atoms with van der Waals surface area (Å²) in [6.07, 6.45) is 1.98. The number of nitrogens with zero attached hydrogens (tertiary/aromatic N) is 2. The van der Waals surface area contributed by atoms with Crippen LogP contribution in [0.3, 0.4) is 0 Å². The summed E-state index contributed by atoms with van der Waals surface area (Å²) < 4.78 is 0. The van der Waals surface area contributed by atoms with Crippen molar-refractivity contribution in [2.45, 2.75) is 40.2 Å². The van der Waals surface area contributed by atoms with Crippen LogP contribution < -0.4 is 0 Å². The lowest BCUT2D eigenvalue weighted by molar-refractivity contribution is 0.0623. The molecule has 1 atom stereocenters. The van der Waals surface area contributed by atoms with Gasteiger partial charge >= 0.3 is 0 Å². The van der Waals surface area contributed by atoms with Gasteiger partial charge in [0.15, 0.2) is 0 Å². The van der Waals surface area contributed by atoms with E-state index in [1.54, 1.807) is 30.3 Å². The van der Waals surface area contributed by atoms with Crippen molar-refractivity contribution in [1.29, 1.82) is 0 Å². The molecule has 1 unspecified atom stereocenters. The van der Waals surface area contributed by atoms with Crippen molar-refractivity contribution in [3.8, 4) is 11.8 Å². The Balaban J connectivity index is 3.06. The van der Waals surface area contributed by atoms with Crippen molar-refractivity contribution in [2.24, 2.45) is 5.41 Å². The van der Waals surface area contributed by atoms with Crippen LogP contribution in [-0.4, -0.2) is 40.6 Å². The molecule has 1 aromatic heterocycles. The van der Waals surface area contributed by atoms with Gasteiger partial charge in [0, 0.05) is 25.7 Å². The standard InChI is InChI=1S/C17H24N2O2/c1-13(17(2,3)4)19(5)16(21)15-14(9-6-7-12-20)10-8-11-18-15/h8,10-11,13,20H,7,12H2,1-5H3. The zero-order valence-electron chi connectivity index (χ0n) is 13.5. The van der Waals surface area contributed by atoms with E-state index < -0.39 is 0 Å². The second-order valence-electron chi connectivity index (χ2n) is 6.13. The molecule has 0 bridgehead atoms. The van der Waals surface area contributed by atoms with Crippen molar-refractivity contribution in [1.82, 2.24) is 9.88 Å². The molecule has 4 heteroatoms. The van der Waals surface area contributed by atoms with Gasteiger partial charge in [-0.25, -0.2) is 4.98 Å². The first-order valence-electron chi connectivity index (χ1n) is 7.11. The Morgan fingerprint density at radius 1 is 1.48 bits per heavy atom. The number of aliphatic hydroxyl groups is 1. The summed E-state index contributed by atoms with van der Waals surface area (Å²) in [5.41, 5.74) is 0.951. The lowest BCUT2D eigenvalue weighted by atomic mass is 9.87. The quantitative estimate of drug-likeness (QED) is 0.868. The van der Waals surface area contributed by atoms with Crippen LogP contribution in [0.15, 0.2) is 18.3 Å². The van der Waals surface area contributed by atoms with Gasteiger partial charge in [0.05, 0.1) is 12.2 Å². The normalized spacial score (nSPS) is 12.3. The summed E-state index contributed by atoms with van der Waals surface area (Å²) >= 11 is 0. The summed E-state index contributed by atoms with van der Waals surface area (Å²) in [7, 11) is 1.79. The van der Waals surface area contributed by atoms with E-state index in [-0.39, 0.29) is 24.0 Å². The van der Waals surface area contributed by atoms with Gasteiger partial charge in [-0.2, -0.15) is 0 Å². The van der Waals surface area contributed by atoms with Gasteiger partial charge in [-0.15, -0.1) is 0 Å². The molecule has 114 valence electrons. The molecule has 21 heavy (non-hydrogen) atoms. The van der Waals surface area contributed by atoms with E-state index in [1.807, 2.05) is 6.92 Å². The third-order valence-corrected chi connectivity index (χ3v) is 3.62. The molecule has 1 amide bonds. The summed E-state index contributed by atoms with van der Waals surface area (Å²) in [4.78, 5) is 18.5. The summed E-state index contributed by atoms with van der Waals surface area (Å²) in [5, 5.41) is 8.78. The lowest BCUT2D eigenvalue weighted by Gasteiger charge is -2.35. The van der Waals surface area contributed by atoms with E-state index in [0.29, 0.717) is 17.7 Å². The molecule has 0 fully saturated rings. The van der Waals surface area contributed by atoms with Crippen LogP contribution >= 0.6 is 0 Å². The molecule has 0 aliphatic rings. The monoisotopic (exact) mass is 288 g/mol. The highest BCUT2D eigenvalue weighted by atomic mass is 16.2. The minimum Gasteiger partial charge on any atom is -0.395 e. The van der Waals surface area contributed by atoms with E-state index in [2.05, 4.69) is 37.6 Å².